The molecule has 2 aliphatic heterocycles. The van der Waals surface area contributed by atoms with Gasteiger partial charge >= 0.3 is 0 Å². The second kappa shape index (κ2) is 11.3. The number of nitrogens with zero attached hydrogens (tertiary/aromatic N) is 6. The minimum atomic E-state index is -0.483. The van der Waals surface area contributed by atoms with E-state index in [9.17, 15) is 4.39 Å². The summed E-state index contributed by atoms with van der Waals surface area (Å²) in [7, 11) is 4.13. The van der Waals surface area contributed by atoms with Crippen LogP contribution in [0.1, 0.15) is 24.6 Å². The lowest BCUT2D eigenvalue weighted by Crippen LogP contribution is -2.47. The Morgan fingerprint density at radius 1 is 1.29 bits per heavy atom. The van der Waals surface area contributed by atoms with Gasteiger partial charge in [-0.3, -0.25) is 9.98 Å². The van der Waals surface area contributed by atoms with E-state index in [1.165, 1.54) is 17.9 Å². The molecule has 35 heavy (non-hydrogen) atoms. The van der Waals surface area contributed by atoms with E-state index in [-0.39, 0.29) is 0 Å². The second-order valence-corrected chi connectivity index (χ2v) is 9.06. The molecule has 4 rings (SSSR count). The molecule has 0 atom stereocenters. The van der Waals surface area contributed by atoms with Crippen molar-refractivity contribution in [2.24, 2.45) is 9.98 Å². The number of benzene rings is 1. The van der Waals surface area contributed by atoms with E-state index < -0.39 is 5.83 Å². The summed E-state index contributed by atoms with van der Waals surface area (Å²) < 4.78 is 14.7. The predicted molar refractivity (Wildman–Crippen MR) is 144 cm³/mol. The Morgan fingerprint density at radius 3 is 2.86 bits per heavy atom. The van der Waals surface area contributed by atoms with Crippen molar-refractivity contribution in [3.8, 4) is 0 Å². The molecule has 184 valence electrons. The molecule has 0 radical (unpaired) electrons. The van der Waals surface area contributed by atoms with Crippen molar-refractivity contribution in [2.45, 2.75) is 18.8 Å². The van der Waals surface area contributed by atoms with Crippen molar-refractivity contribution in [1.82, 2.24) is 19.9 Å². The highest BCUT2D eigenvalue weighted by molar-refractivity contribution is 5.89. The summed E-state index contributed by atoms with van der Waals surface area (Å²) in [5, 5.41) is 5.37. The average molecular weight is 476 g/mol. The van der Waals surface area contributed by atoms with Crippen LogP contribution in [0.15, 0.2) is 82.9 Å². The van der Waals surface area contributed by atoms with Gasteiger partial charge in [0.25, 0.3) is 0 Å². The van der Waals surface area contributed by atoms with E-state index in [0.29, 0.717) is 19.0 Å². The maximum atomic E-state index is 12.5. The Labute approximate surface area is 206 Å². The van der Waals surface area contributed by atoms with Crippen LogP contribution in [0.4, 0.5) is 4.39 Å². The van der Waals surface area contributed by atoms with Gasteiger partial charge in [0, 0.05) is 64.5 Å². The number of aromatic nitrogens is 2. The number of para-hydroxylation sites is 2. The van der Waals surface area contributed by atoms with Crippen LogP contribution in [0.2, 0.25) is 0 Å². The van der Waals surface area contributed by atoms with Crippen molar-refractivity contribution in [1.29, 1.82) is 0 Å². The van der Waals surface area contributed by atoms with Crippen LogP contribution in [0.25, 0.3) is 11.0 Å². The fourth-order valence-electron chi connectivity index (χ4n) is 4.39. The van der Waals surface area contributed by atoms with Crippen molar-refractivity contribution in [3.05, 3.63) is 78.7 Å². The van der Waals surface area contributed by atoms with E-state index >= 15 is 0 Å². The lowest BCUT2D eigenvalue weighted by Gasteiger charge is -2.39. The normalized spacial score (nSPS) is 16.7. The van der Waals surface area contributed by atoms with Crippen LogP contribution in [0.5, 0.6) is 0 Å². The summed E-state index contributed by atoms with van der Waals surface area (Å²) in [4.78, 5) is 16.4. The van der Waals surface area contributed by atoms with E-state index in [1.807, 2.05) is 6.07 Å². The number of fused-ring (bicyclic) bond motifs is 1. The quantitative estimate of drug-likeness (QED) is 0.287. The highest BCUT2D eigenvalue weighted by atomic mass is 19.1. The maximum absolute atomic E-state index is 12.5. The van der Waals surface area contributed by atoms with Crippen LogP contribution in [-0.2, 0) is 0 Å². The van der Waals surface area contributed by atoms with Crippen molar-refractivity contribution >= 4 is 23.0 Å². The molecule has 1 aromatic heterocycles. The second-order valence-electron chi connectivity index (χ2n) is 9.06. The van der Waals surface area contributed by atoms with Gasteiger partial charge in [-0.2, -0.15) is 0 Å². The molecule has 8 heteroatoms. The molecule has 0 bridgehead atoms. The number of nitrogens with one attached hydrogen (secondary N) is 1. The Bertz CT molecular complexity index is 1200. The molecule has 0 spiro atoms. The van der Waals surface area contributed by atoms with E-state index in [4.69, 9.17) is 9.98 Å². The number of aliphatic imine (C=N–C) groups is 2. The first-order valence-electron chi connectivity index (χ1n) is 12.0. The standard InChI is InChI=1S/C27H34FN7/c1-20(28)8-7-14-29-15-16-30-21(2)24-12-11-23(31-24)13-17-34-18-22(19-34)27-32-25-9-5-6-10-26(25)35(27)33(3)4/h5-10,12,14,22,30H,1-2,11,13,15-19H2,3-4H3/b8-7-,29-14?. The van der Waals surface area contributed by atoms with Gasteiger partial charge in [-0.25, -0.2) is 14.1 Å². The highest BCUT2D eigenvalue weighted by Crippen LogP contribution is 2.29. The van der Waals surface area contributed by atoms with Gasteiger partial charge in [0.15, 0.2) is 0 Å². The molecule has 0 unspecified atom stereocenters. The minimum absolute atomic E-state index is 0.446. The Hall–Kier alpha value is -3.52. The lowest BCUT2D eigenvalue weighted by atomic mass is 9.98. The fourth-order valence-corrected chi connectivity index (χ4v) is 4.39. The molecule has 7 nitrogen and oxygen atoms in total. The molecule has 0 saturated carbocycles. The summed E-state index contributed by atoms with van der Waals surface area (Å²) in [6.45, 7) is 11.5. The largest absolute Gasteiger partial charge is 0.382 e. The zero-order valence-corrected chi connectivity index (χ0v) is 20.6. The molecule has 2 aliphatic rings. The van der Waals surface area contributed by atoms with E-state index in [0.717, 1.165) is 60.7 Å². The number of allylic oxidation sites excluding steroid dienone is 4. The molecule has 2 aromatic rings. The molecule has 1 N–H and O–H groups in total. The number of halogens is 1. The zero-order chi connectivity index (χ0) is 24.8. The topological polar surface area (TPSA) is 61.1 Å². The van der Waals surface area contributed by atoms with Crippen LogP contribution < -0.4 is 10.3 Å². The van der Waals surface area contributed by atoms with Gasteiger partial charge in [0.2, 0.25) is 0 Å². The number of imidazole rings is 1. The molecular formula is C27H34FN7. The minimum Gasteiger partial charge on any atom is -0.382 e. The highest BCUT2D eigenvalue weighted by Gasteiger charge is 2.32. The van der Waals surface area contributed by atoms with Crippen molar-refractivity contribution in [3.63, 3.8) is 0 Å². The first kappa shape index (κ1) is 24.6. The number of hydrogen-bond donors (Lipinski definition) is 1. The molecule has 1 aromatic carbocycles. The molecule has 0 aliphatic carbocycles. The molecule has 1 fully saturated rings. The van der Waals surface area contributed by atoms with Gasteiger partial charge in [-0.1, -0.05) is 31.4 Å². The zero-order valence-electron chi connectivity index (χ0n) is 20.6. The van der Waals surface area contributed by atoms with Gasteiger partial charge in [0.05, 0.1) is 29.0 Å². The third-order valence-electron chi connectivity index (χ3n) is 6.17. The van der Waals surface area contributed by atoms with Crippen LogP contribution in [-0.4, -0.2) is 73.3 Å². The van der Waals surface area contributed by atoms with Crippen LogP contribution in [0.3, 0.4) is 0 Å². The third kappa shape index (κ3) is 6.14. The third-order valence-corrected chi connectivity index (χ3v) is 6.17. The maximum Gasteiger partial charge on any atom is 0.134 e. The van der Waals surface area contributed by atoms with Gasteiger partial charge in [0.1, 0.15) is 11.7 Å². The van der Waals surface area contributed by atoms with Gasteiger partial charge in [-0.15, -0.1) is 0 Å². The SMILES string of the molecule is C=C(F)/C=C\C=NCCNC(=C)C1=CCC(CCN2CC(c3nc4ccccc4n3N(C)C)C2)=N1. The average Bonchev–Trinajstić information content (AvgIpc) is 3.42. The molecule has 0 amide bonds. The lowest BCUT2D eigenvalue weighted by molar-refractivity contribution is 0.145. The number of hydrogen-bond acceptors (Lipinski definition) is 6. The van der Waals surface area contributed by atoms with Crippen LogP contribution in [0, 0.1) is 0 Å². The van der Waals surface area contributed by atoms with Gasteiger partial charge in [-0.05, 0) is 30.7 Å². The summed E-state index contributed by atoms with van der Waals surface area (Å²) in [5.41, 5.74) is 5.13. The smallest absolute Gasteiger partial charge is 0.134 e. The van der Waals surface area contributed by atoms with Gasteiger partial charge < -0.3 is 15.2 Å². The van der Waals surface area contributed by atoms with Crippen molar-refractivity contribution < 1.29 is 4.39 Å². The Kier molecular flexibility index (Phi) is 7.92. The first-order valence-corrected chi connectivity index (χ1v) is 12.0. The fraction of sp³-hybridized carbons (Fsp3) is 0.370. The first-order chi connectivity index (χ1) is 16.9. The monoisotopic (exact) mass is 475 g/mol. The molecular weight excluding hydrogens is 441 g/mol. The Balaban J connectivity index is 1.20. The number of rotatable bonds is 12. The summed E-state index contributed by atoms with van der Waals surface area (Å²) >= 11 is 0. The Morgan fingerprint density at radius 2 is 2.09 bits per heavy atom. The molecule has 1 saturated heterocycles. The van der Waals surface area contributed by atoms with Crippen LogP contribution >= 0.6 is 0 Å². The van der Waals surface area contributed by atoms with E-state index in [2.05, 4.69) is 76.4 Å². The summed E-state index contributed by atoms with van der Waals surface area (Å²) in [5.74, 6) is 1.11. The summed E-state index contributed by atoms with van der Waals surface area (Å²) in [6, 6.07) is 8.32. The number of likely N-dealkylation sites (tertiary alicyclic amines) is 1. The van der Waals surface area contributed by atoms with Crippen molar-refractivity contribution in [2.75, 3.05) is 51.8 Å². The molecule has 3 heterocycles. The predicted octanol–water partition coefficient (Wildman–Crippen LogP) is 3.97. The van der Waals surface area contributed by atoms with E-state index in [1.54, 1.807) is 6.21 Å². The summed E-state index contributed by atoms with van der Waals surface area (Å²) in [6.07, 6.45) is 8.33.